The van der Waals surface area contributed by atoms with Gasteiger partial charge in [-0.2, -0.15) is 0 Å². The monoisotopic (exact) mass is 265 g/mol. The Labute approximate surface area is 110 Å². The molecule has 94 valence electrons. The lowest BCUT2D eigenvalue weighted by molar-refractivity contribution is 0.306. The first-order chi connectivity index (χ1) is 8.58. The minimum atomic E-state index is -0.250. The first kappa shape index (κ1) is 12.7. The number of benzene rings is 2. The molecular formula is C14H13ClFNO. The van der Waals surface area contributed by atoms with Gasteiger partial charge >= 0.3 is 0 Å². The van der Waals surface area contributed by atoms with Crippen LogP contribution in [0.15, 0.2) is 36.4 Å². The topological polar surface area (TPSA) is 35.2 Å². The first-order valence-electron chi connectivity index (χ1n) is 5.50. The Morgan fingerprint density at radius 3 is 2.72 bits per heavy atom. The minimum Gasteiger partial charge on any atom is -0.489 e. The number of hydrogen-bond acceptors (Lipinski definition) is 2. The van der Waals surface area contributed by atoms with Crippen LogP contribution in [0.25, 0.3) is 0 Å². The lowest BCUT2D eigenvalue weighted by atomic mass is 10.2. The molecule has 0 aliphatic heterocycles. The Morgan fingerprint density at radius 1 is 1.28 bits per heavy atom. The van der Waals surface area contributed by atoms with Crippen molar-refractivity contribution in [2.45, 2.75) is 13.5 Å². The van der Waals surface area contributed by atoms with Crippen LogP contribution in [0.4, 0.5) is 10.1 Å². The van der Waals surface area contributed by atoms with Gasteiger partial charge in [-0.15, -0.1) is 0 Å². The summed E-state index contributed by atoms with van der Waals surface area (Å²) in [5.74, 6) is 0.341. The average Bonchev–Trinajstić information content (AvgIpc) is 2.33. The number of nitrogens with two attached hydrogens (primary N) is 1. The van der Waals surface area contributed by atoms with Gasteiger partial charge in [-0.05, 0) is 42.8 Å². The molecule has 0 spiro atoms. The van der Waals surface area contributed by atoms with Crippen LogP contribution < -0.4 is 10.5 Å². The summed E-state index contributed by atoms with van der Waals surface area (Å²) in [5.41, 5.74) is 7.68. The molecule has 0 aliphatic rings. The average molecular weight is 266 g/mol. The van der Waals surface area contributed by atoms with Gasteiger partial charge in [0.15, 0.2) is 0 Å². The van der Waals surface area contributed by atoms with E-state index in [0.717, 1.165) is 5.56 Å². The number of aryl methyl sites for hydroxylation is 1. The van der Waals surface area contributed by atoms with Crippen LogP contribution in [0, 0.1) is 12.7 Å². The quantitative estimate of drug-likeness (QED) is 0.853. The molecule has 18 heavy (non-hydrogen) atoms. The Morgan fingerprint density at radius 2 is 2.06 bits per heavy atom. The van der Waals surface area contributed by atoms with Crippen molar-refractivity contribution in [2.24, 2.45) is 0 Å². The number of halogens is 2. The summed E-state index contributed by atoms with van der Waals surface area (Å²) in [6.07, 6.45) is 0. The van der Waals surface area contributed by atoms with Gasteiger partial charge in [-0.3, -0.25) is 0 Å². The molecule has 0 heterocycles. The number of hydrogen-bond donors (Lipinski definition) is 1. The minimum absolute atomic E-state index is 0.250. The van der Waals surface area contributed by atoms with E-state index in [2.05, 4.69) is 0 Å². The summed E-state index contributed by atoms with van der Waals surface area (Å²) in [4.78, 5) is 0. The normalized spacial score (nSPS) is 10.4. The molecule has 0 unspecified atom stereocenters. The smallest absolute Gasteiger partial charge is 0.126 e. The highest BCUT2D eigenvalue weighted by atomic mass is 35.5. The third-order valence-corrected chi connectivity index (χ3v) is 3.02. The van der Waals surface area contributed by atoms with Crippen LogP contribution in [0.2, 0.25) is 5.02 Å². The summed E-state index contributed by atoms with van der Waals surface area (Å²) in [5, 5.41) is 0.564. The van der Waals surface area contributed by atoms with Gasteiger partial charge in [-0.25, -0.2) is 4.39 Å². The van der Waals surface area contributed by atoms with E-state index in [0.29, 0.717) is 22.0 Å². The van der Waals surface area contributed by atoms with Gasteiger partial charge in [0.2, 0.25) is 0 Å². The molecule has 0 aromatic heterocycles. The Balaban J connectivity index is 2.14. The van der Waals surface area contributed by atoms with E-state index in [9.17, 15) is 4.39 Å². The Kier molecular flexibility index (Phi) is 3.72. The van der Waals surface area contributed by atoms with Crippen molar-refractivity contribution in [3.63, 3.8) is 0 Å². The van der Waals surface area contributed by atoms with E-state index >= 15 is 0 Å². The number of ether oxygens (including phenoxy) is 1. The Hall–Kier alpha value is -1.74. The molecular weight excluding hydrogens is 253 g/mol. The highest BCUT2D eigenvalue weighted by Gasteiger charge is 2.06. The zero-order valence-corrected chi connectivity index (χ0v) is 10.7. The standard InChI is InChI=1S/C14H13ClFNO/c1-9-7-10(5-6-13(9)16)18-8-11-12(15)3-2-4-14(11)17/h2-7H,8,17H2,1H3. The lowest BCUT2D eigenvalue weighted by Gasteiger charge is -2.10. The molecule has 0 atom stereocenters. The zero-order chi connectivity index (χ0) is 13.1. The third kappa shape index (κ3) is 2.74. The van der Waals surface area contributed by atoms with Crippen LogP contribution in [0.3, 0.4) is 0 Å². The number of nitrogen functional groups attached to an aromatic ring is 1. The SMILES string of the molecule is Cc1cc(OCc2c(N)cccc2Cl)ccc1F. The van der Waals surface area contributed by atoms with E-state index in [4.69, 9.17) is 22.1 Å². The van der Waals surface area contributed by atoms with Gasteiger partial charge in [-0.1, -0.05) is 17.7 Å². The maximum atomic E-state index is 13.1. The van der Waals surface area contributed by atoms with Crippen LogP contribution >= 0.6 is 11.6 Å². The summed E-state index contributed by atoms with van der Waals surface area (Å²) >= 11 is 6.03. The predicted molar refractivity (Wildman–Crippen MR) is 71.3 cm³/mol. The largest absolute Gasteiger partial charge is 0.489 e. The molecule has 2 N–H and O–H groups in total. The first-order valence-corrected chi connectivity index (χ1v) is 5.87. The van der Waals surface area contributed by atoms with E-state index in [-0.39, 0.29) is 12.4 Å². The van der Waals surface area contributed by atoms with E-state index in [1.165, 1.54) is 6.07 Å². The molecule has 0 amide bonds. The van der Waals surface area contributed by atoms with Crippen molar-refractivity contribution in [1.82, 2.24) is 0 Å². The van der Waals surface area contributed by atoms with Crippen molar-refractivity contribution in [2.75, 3.05) is 5.73 Å². The molecule has 2 nitrogen and oxygen atoms in total. The van der Waals surface area contributed by atoms with Crippen molar-refractivity contribution in [1.29, 1.82) is 0 Å². The number of rotatable bonds is 3. The zero-order valence-electron chi connectivity index (χ0n) is 9.91. The van der Waals surface area contributed by atoms with Gasteiger partial charge < -0.3 is 10.5 Å². The maximum Gasteiger partial charge on any atom is 0.126 e. The van der Waals surface area contributed by atoms with E-state index in [1.54, 1.807) is 37.3 Å². The summed E-state index contributed by atoms with van der Waals surface area (Å²) < 4.78 is 18.7. The Bertz CT molecular complexity index is 551. The highest BCUT2D eigenvalue weighted by Crippen LogP contribution is 2.24. The van der Waals surface area contributed by atoms with Crippen LogP contribution in [-0.4, -0.2) is 0 Å². The van der Waals surface area contributed by atoms with Crippen molar-refractivity contribution >= 4 is 17.3 Å². The fourth-order valence-electron chi connectivity index (χ4n) is 1.59. The molecule has 0 saturated heterocycles. The second-order valence-corrected chi connectivity index (χ2v) is 4.41. The summed E-state index contributed by atoms with van der Waals surface area (Å²) in [6, 6.07) is 9.90. The molecule has 2 aromatic carbocycles. The fourth-order valence-corrected chi connectivity index (χ4v) is 1.83. The lowest BCUT2D eigenvalue weighted by Crippen LogP contribution is -2.01. The second-order valence-electron chi connectivity index (χ2n) is 4.01. The molecule has 2 aromatic rings. The van der Waals surface area contributed by atoms with E-state index in [1.807, 2.05) is 0 Å². The number of anilines is 1. The van der Waals surface area contributed by atoms with E-state index < -0.39 is 0 Å². The summed E-state index contributed by atoms with van der Waals surface area (Å²) in [7, 11) is 0. The summed E-state index contributed by atoms with van der Waals surface area (Å²) in [6.45, 7) is 1.95. The van der Waals surface area contributed by atoms with Crippen LogP contribution in [-0.2, 0) is 6.61 Å². The molecule has 2 rings (SSSR count). The van der Waals surface area contributed by atoms with Crippen molar-refractivity contribution in [3.05, 3.63) is 58.4 Å². The van der Waals surface area contributed by atoms with Crippen LogP contribution in [0.5, 0.6) is 5.75 Å². The molecule has 0 aliphatic carbocycles. The molecule has 0 bridgehead atoms. The molecule has 0 fully saturated rings. The van der Waals surface area contributed by atoms with Crippen molar-refractivity contribution in [3.8, 4) is 5.75 Å². The maximum absolute atomic E-state index is 13.1. The third-order valence-electron chi connectivity index (χ3n) is 2.67. The molecule has 4 heteroatoms. The van der Waals surface area contributed by atoms with Gasteiger partial charge in [0, 0.05) is 16.3 Å². The predicted octanol–water partition coefficient (Wildman–Crippen LogP) is 3.95. The van der Waals surface area contributed by atoms with Crippen molar-refractivity contribution < 1.29 is 9.13 Å². The van der Waals surface area contributed by atoms with Gasteiger partial charge in [0.1, 0.15) is 18.2 Å². The second kappa shape index (κ2) is 5.27. The van der Waals surface area contributed by atoms with Gasteiger partial charge in [0.05, 0.1) is 0 Å². The molecule has 0 saturated carbocycles. The highest BCUT2D eigenvalue weighted by molar-refractivity contribution is 6.31. The van der Waals surface area contributed by atoms with Crippen LogP contribution in [0.1, 0.15) is 11.1 Å². The van der Waals surface area contributed by atoms with Gasteiger partial charge in [0.25, 0.3) is 0 Å². The molecule has 0 radical (unpaired) electrons. The fraction of sp³-hybridized carbons (Fsp3) is 0.143.